The zero-order valence-electron chi connectivity index (χ0n) is 17.4. The number of fused-ring (bicyclic) bond motifs is 1. The number of nitrogens with one attached hydrogen (secondary N) is 2. The van der Waals surface area contributed by atoms with Crippen LogP contribution < -0.4 is 20.9 Å². The van der Waals surface area contributed by atoms with Crippen LogP contribution in [0, 0.1) is 6.92 Å². The number of aromatic nitrogens is 2. The van der Waals surface area contributed by atoms with E-state index in [9.17, 15) is 14.4 Å². The lowest BCUT2D eigenvalue weighted by molar-refractivity contribution is -0.116. The van der Waals surface area contributed by atoms with Crippen LogP contribution >= 0.6 is 11.3 Å². The van der Waals surface area contributed by atoms with Crippen molar-refractivity contribution in [3.05, 3.63) is 81.7 Å². The van der Waals surface area contributed by atoms with Crippen molar-refractivity contribution in [3.8, 4) is 5.75 Å². The molecule has 32 heavy (non-hydrogen) atoms. The van der Waals surface area contributed by atoms with E-state index in [1.54, 1.807) is 50.4 Å². The quantitative estimate of drug-likeness (QED) is 0.469. The van der Waals surface area contributed by atoms with E-state index in [1.165, 1.54) is 10.9 Å². The van der Waals surface area contributed by atoms with Gasteiger partial charge >= 0.3 is 0 Å². The van der Waals surface area contributed by atoms with Crippen LogP contribution in [0.1, 0.15) is 15.2 Å². The van der Waals surface area contributed by atoms with E-state index in [-0.39, 0.29) is 23.9 Å². The first-order valence-corrected chi connectivity index (χ1v) is 10.6. The van der Waals surface area contributed by atoms with E-state index in [2.05, 4.69) is 15.6 Å². The molecule has 0 bridgehead atoms. The number of benzene rings is 2. The van der Waals surface area contributed by atoms with Crippen LogP contribution in [0.25, 0.3) is 10.2 Å². The molecule has 8 nitrogen and oxygen atoms in total. The van der Waals surface area contributed by atoms with Gasteiger partial charge in [0.05, 0.1) is 23.7 Å². The normalized spacial score (nSPS) is 10.7. The molecule has 0 saturated carbocycles. The number of hydrogen-bond donors (Lipinski definition) is 2. The largest absolute Gasteiger partial charge is 0.497 e. The molecule has 0 radical (unpaired) electrons. The van der Waals surface area contributed by atoms with Gasteiger partial charge in [-0.1, -0.05) is 18.2 Å². The summed E-state index contributed by atoms with van der Waals surface area (Å²) in [6.07, 6.45) is 1.33. The van der Waals surface area contributed by atoms with E-state index in [0.29, 0.717) is 37.8 Å². The molecule has 4 aromatic rings. The van der Waals surface area contributed by atoms with Crippen LogP contribution in [0.3, 0.4) is 0 Å². The summed E-state index contributed by atoms with van der Waals surface area (Å²) in [7, 11) is 1.56. The number of nitrogens with zero attached hydrogens (tertiary/aromatic N) is 2. The van der Waals surface area contributed by atoms with Crippen molar-refractivity contribution in [2.24, 2.45) is 0 Å². The number of rotatable bonds is 6. The molecule has 0 atom stereocenters. The summed E-state index contributed by atoms with van der Waals surface area (Å²) in [5.74, 6) is 0.00199. The Morgan fingerprint density at radius 2 is 1.72 bits per heavy atom. The molecule has 2 amide bonds. The van der Waals surface area contributed by atoms with Crippen LogP contribution in [0.2, 0.25) is 0 Å². The number of carbonyl (C=O) groups is 2. The van der Waals surface area contributed by atoms with Crippen molar-refractivity contribution in [1.29, 1.82) is 0 Å². The fourth-order valence-corrected chi connectivity index (χ4v) is 4.26. The first-order valence-electron chi connectivity index (χ1n) is 9.75. The Balaban J connectivity index is 1.55. The van der Waals surface area contributed by atoms with Crippen molar-refractivity contribution in [1.82, 2.24) is 9.55 Å². The van der Waals surface area contributed by atoms with Gasteiger partial charge in [0.25, 0.3) is 11.5 Å². The average Bonchev–Trinajstić information content (AvgIpc) is 3.14. The summed E-state index contributed by atoms with van der Waals surface area (Å²) in [5.41, 5.74) is 1.42. The number of amides is 2. The molecule has 9 heteroatoms. The molecule has 0 unspecified atom stereocenters. The second kappa shape index (κ2) is 9.03. The van der Waals surface area contributed by atoms with E-state index in [4.69, 9.17) is 4.74 Å². The zero-order valence-corrected chi connectivity index (χ0v) is 18.2. The molecule has 2 aromatic carbocycles. The average molecular weight is 449 g/mol. The number of thiophene rings is 1. The van der Waals surface area contributed by atoms with Crippen LogP contribution in [-0.2, 0) is 11.3 Å². The van der Waals surface area contributed by atoms with Gasteiger partial charge in [0, 0.05) is 11.4 Å². The van der Waals surface area contributed by atoms with Gasteiger partial charge in [0.2, 0.25) is 5.91 Å². The third-order valence-corrected chi connectivity index (χ3v) is 6.04. The predicted molar refractivity (Wildman–Crippen MR) is 125 cm³/mol. The molecule has 0 aliphatic carbocycles. The SMILES string of the molecule is COc1ccc(NC(=O)Cn2cnc3sc(C(=O)Nc4ccccc4)c(C)c3c2=O)cc1. The summed E-state index contributed by atoms with van der Waals surface area (Å²) in [6.45, 7) is 1.51. The van der Waals surface area contributed by atoms with Gasteiger partial charge in [0.15, 0.2) is 0 Å². The summed E-state index contributed by atoms with van der Waals surface area (Å²) < 4.78 is 6.33. The van der Waals surface area contributed by atoms with Gasteiger partial charge in [0.1, 0.15) is 17.1 Å². The van der Waals surface area contributed by atoms with Crippen LogP contribution in [-0.4, -0.2) is 28.5 Å². The lowest BCUT2D eigenvalue weighted by atomic mass is 10.2. The summed E-state index contributed by atoms with van der Waals surface area (Å²) in [4.78, 5) is 43.3. The molecule has 2 aromatic heterocycles. The number of hydrogen-bond acceptors (Lipinski definition) is 6. The van der Waals surface area contributed by atoms with Gasteiger partial charge in [-0.3, -0.25) is 19.0 Å². The van der Waals surface area contributed by atoms with E-state index >= 15 is 0 Å². The molecule has 0 aliphatic heterocycles. The second-order valence-electron chi connectivity index (χ2n) is 7.01. The molecule has 2 heterocycles. The van der Waals surface area contributed by atoms with Crippen molar-refractivity contribution in [2.75, 3.05) is 17.7 Å². The first kappa shape index (κ1) is 21.3. The van der Waals surface area contributed by atoms with Gasteiger partial charge in [-0.05, 0) is 48.9 Å². The molecule has 4 rings (SSSR count). The minimum absolute atomic E-state index is 0.200. The van der Waals surface area contributed by atoms with E-state index < -0.39 is 0 Å². The van der Waals surface area contributed by atoms with Crippen molar-refractivity contribution < 1.29 is 14.3 Å². The first-order chi connectivity index (χ1) is 15.5. The highest BCUT2D eigenvalue weighted by Crippen LogP contribution is 2.27. The summed E-state index contributed by atoms with van der Waals surface area (Å²) in [6, 6.07) is 16.0. The molecule has 0 fully saturated rings. The highest BCUT2D eigenvalue weighted by Gasteiger charge is 2.20. The molecule has 162 valence electrons. The summed E-state index contributed by atoms with van der Waals surface area (Å²) >= 11 is 1.15. The lowest BCUT2D eigenvalue weighted by Gasteiger charge is -2.08. The predicted octanol–water partition coefficient (Wildman–Crippen LogP) is 3.67. The maximum absolute atomic E-state index is 13.0. The number of ether oxygens (including phenoxy) is 1. The van der Waals surface area contributed by atoms with Crippen LogP contribution in [0.4, 0.5) is 11.4 Å². The third kappa shape index (κ3) is 4.37. The monoisotopic (exact) mass is 448 g/mol. The number of para-hydroxylation sites is 1. The van der Waals surface area contributed by atoms with Gasteiger partial charge in [-0.2, -0.15) is 0 Å². The fourth-order valence-electron chi connectivity index (χ4n) is 3.23. The minimum Gasteiger partial charge on any atom is -0.497 e. The Morgan fingerprint density at radius 1 is 1.03 bits per heavy atom. The fraction of sp³-hybridized carbons (Fsp3) is 0.130. The second-order valence-corrected chi connectivity index (χ2v) is 8.01. The Labute approximate surface area is 187 Å². The van der Waals surface area contributed by atoms with E-state index in [0.717, 1.165) is 11.3 Å². The lowest BCUT2D eigenvalue weighted by Crippen LogP contribution is -2.27. The highest BCUT2D eigenvalue weighted by atomic mass is 32.1. The molecule has 0 aliphatic rings. The van der Waals surface area contributed by atoms with Crippen LogP contribution in [0.15, 0.2) is 65.7 Å². The Bertz CT molecular complexity index is 1340. The number of methoxy groups -OCH3 is 1. The van der Waals surface area contributed by atoms with E-state index in [1.807, 2.05) is 18.2 Å². The molecule has 0 spiro atoms. The summed E-state index contributed by atoms with van der Waals surface area (Å²) in [5, 5.41) is 5.90. The van der Waals surface area contributed by atoms with Crippen molar-refractivity contribution >= 4 is 44.7 Å². The smallest absolute Gasteiger partial charge is 0.266 e. The third-order valence-electron chi connectivity index (χ3n) is 4.84. The van der Waals surface area contributed by atoms with Crippen molar-refractivity contribution in [3.63, 3.8) is 0 Å². The van der Waals surface area contributed by atoms with Crippen LogP contribution in [0.5, 0.6) is 5.75 Å². The number of anilines is 2. The minimum atomic E-state index is -0.368. The Morgan fingerprint density at radius 3 is 2.41 bits per heavy atom. The molecule has 2 N–H and O–H groups in total. The van der Waals surface area contributed by atoms with Crippen molar-refractivity contribution in [2.45, 2.75) is 13.5 Å². The van der Waals surface area contributed by atoms with Gasteiger partial charge in [-0.15, -0.1) is 11.3 Å². The maximum Gasteiger partial charge on any atom is 0.266 e. The Hall–Kier alpha value is -3.98. The standard InChI is InChI=1S/C23H20N4O4S/c1-14-19-22(32-20(14)21(29)26-15-6-4-3-5-7-15)24-13-27(23(19)30)12-18(28)25-16-8-10-17(31-2)11-9-16/h3-11,13H,12H2,1-2H3,(H,25,28)(H,26,29). The topological polar surface area (TPSA) is 102 Å². The number of carbonyl (C=O) groups excluding carboxylic acids is 2. The zero-order chi connectivity index (χ0) is 22.7. The highest BCUT2D eigenvalue weighted by molar-refractivity contribution is 7.20. The molecular formula is C23H20N4O4S. The molecule has 0 saturated heterocycles. The van der Waals surface area contributed by atoms with Gasteiger partial charge < -0.3 is 15.4 Å². The molecular weight excluding hydrogens is 428 g/mol. The Kier molecular flexibility index (Phi) is 6.00. The maximum atomic E-state index is 13.0. The number of aryl methyl sites for hydroxylation is 1. The van der Waals surface area contributed by atoms with Gasteiger partial charge in [-0.25, -0.2) is 4.98 Å².